The summed E-state index contributed by atoms with van der Waals surface area (Å²) in [5.74, 6) is -0.224. The second kappa shape index (κ2) is 5.47. The third-order valence-corrected chi connectivity index (χ3v) is 3.41. The molecule has 0 spiro atoms. The molecule has 1 atom stereocenters. The summed E-state index contributed by atoms with van der Waals surface area (Å²) in [7, 11) is 0. The molecule has 2 aromatic heterocycles. The molecule has 2 N–H and O–H groups in total. The molecule has 0 aliphatic rings. The summed E-state index contributed by atoms with van der Waals surface area (Å²) >= 11 is 1.51. The van der Waals surface area contributed by atoms with Crippen LogP contribution < -0.4 is 5.32 Å². The number of hydrogen-bond donors (Lipinski definition) is 2. The molecule has 0 saturated heterocycles. The predicted molar refractivity (Wildman–Crippen MR) is 68.1 cm³/mol. The molecule has 6 heteroatoms. The fourth-order valence-corrected chi connectivity index (χ4v) is 2.34. The van der Waals surface area contributed by atoms with Gasteiger partial charge in [0.15, 0.2) is 0 Å². The molecule has 92 valence electrons. The van der Waals surface area contributed by atoms with E-state index in [9.17, 15) is 4.79 Å². The minimum Gasteiger partial charge on any atom is -0.356 e. The van der Waals surface area contributed by atoms with Crippen molar-refractivity contribution in [3.8, 4) is 6.07 Å². The largest absolute Gasteiger partial charge is 0.356 e. The van der Waals surface area contributed by atoms with Crippen molar-refractivity contribution in [2.24, 2.45) is 0 Å². The zero-order chi connectivity index (χ0) is 13.0. The molecule has 0 radical (unpaired) electrons. The number of nitrogens with one attached hydrogen (secondary N) is 2. The third kappa shape index (κ3) is 2.57. The third-order valence-electron chi connectivity index (χ3n) is 2.52. The Kier molecular flexibility index (Phi) is 3.75. The summed E-state index contributed by atoms with van der Waals surface area (Å²) in [6.45, 7) is 1.99. The molecule has 0 fully saturated rings. The minimum atomic E-state index is -0.224. The molecular formula is C12H12N4OS. The van der Waals surface area contributed by atoms with E-state index in [0.717, 1.165) is 11.4 Å². The van der Waals surface area contributed by atoms with Gasteiger partial charge in [0.25, 0.3) is 5.91 Å². The number of nitrogens with zero attached hydrogens (tertiary/aromatic N) is 2. The highest BCUT2D eigenvalue weighted by atomic mass is 32.1. The number of carbonyl (C=O) groups is 1. The van der Waals surface area contributed by atoms with Gasteiger partial charge in [0.05, 0.1) is 11.6 Å². The van der Waals surface area contributed by atoms with Crippen LogP contribution in [0.5, 0.6) is 0 Å². The number of hydrogen-bond acceptors (Lipinski definition) is 4. The van der Waals surface area contributed by atoms with E-state index in [0.29, 0.717) is 11.3 Å². The monoisotopic (exact) mass is 260 g/mol. The average molecular weight is 260 g/mol. The second-order valence-electron chi connectivity index (χ2n) is 3.72. The molecule has 0 bridgehead atoms. The Hall–Kier alpha value is -2.13. The zero-order valence-electron chi connectivity index (χ0n) is 9.80. The maximum atomic E-state index is 12.0. The number of thiazole rings is 1. The first kappa shape index (κ1) is 12.3. The van der Waals surface area contributed by atoms with Gasteiger partial charge < -0.3 is 10.3 Å². The maximum absolute atomic E-state index is 12.0. The van der Waals surface area contributed by atoms with Gasteiger partial charge in [0, 0.05) is 17.8 Å². The lowest BCUT2D eigenvalue weighted by Gasteiger charge is -2.13. The number of H-pyrrole nitrogens is 1. The highest BCUT2D eigenvalue weighted by molar-refractivity contribution is 7.09. The van der Waals surface area contributed by atoms with E-state index in [1.807, 2.05) is 18.4 Å². The zero-order valence-corrected chi connectivity index (χ0v) is 10.6. The smallest absolute Gasteiger partial charge is 0.268 e. The van der Waals surface area contributed by atoms with Crippen LogP contribution in [0, 0.1) is 11.3 Å². The van der Waals surface area contributed by atoms with Gasteiger partial charge in [0.2, 0.25) is 0 Å². The normalized spacial score (nSPS) is 11.8. The van der Waals surface area contributed by atoms with Gasteiger partial charge >= 0.3 is 0 Å². The predicted octanol–water partition coefficient (Wildman–Crippen LogP) is 2.22. The summed E-state index contributed by atoms with van der Waals surface area (Å²) < 4.78 is 0. The number of nitriles is 1. The van der Waals surface area contributed by atoms with Crippen LogP contribution in [-0.4, -0.2) is 15.9 Å². The van der Waals surface area contributed by atoms with Crippen LogP contribution in [0.25, 0.3) is 0 Å². The first-order chi connectivity index (χ1) is 8.74. The average Bonchev–Trinajstić information content (AvgIpc) is 3.05. The van der Waals surface area contributed by atoms with Crippen LogP contribution in [0.1, 0.15) is 40.4 Å². The van der Waals surface area contributed by atoms with Gasteiger partial charge in [0.1, 0.15) is 16.8 Å². The van der Waals surface area contributed by atoms with Gasteiger partial charge in [-0.25, -0.2) is 4.98 Å². The highest BCUT2D eigenvalue weighted by Crippen LogP contribution is 2.19. The first-order valence-corrected chi connectivity index (χ1v) is 6.41. The minimum absolute atomic E-state index is 0.0914. The SMILES string of the molecule is CC[C@@H](NC(=O)c1cc(C#N)c[nH]1)c1nccs1. The molecule has 0 unspecified atom stereocenters. The molecule has 0 aromatic carbocycles. The van der Waals surface area contributed by atoms with Gasteiger partial charge in [-0.15, -0.1) is 11.3 Å². The van der Waals surface area contributed by atoms with E-state index in [1.54, 1.807) is 6.20 Å². The summed E-state index contributed by atoms with van der Waals surface area (Å²) in [6.07, 6.45) is 4.00. The van der Waals surface area contributed by atoms with Crippen molar-refractivity contribution in [1.29, 1.82) is 5.26 Å². The van der Waals surface area contributed by atoms with E-state index in [2.05, 4.69) is 15.3 Å². The summed E-state index contributed by atoms with van der Waals surface area (Å²) in [6, 6.07) is 3.42. The van der Waals surface area contributed by atoms with Crippen LogP contribution in [-0.2, 0) is 0 Å². The van der Waals surface area contributed by atoms with Crippen molar-refractivity contribution in [2.45, 2.75) is 19.4 Å². The van der Waals surface area contributed by atoms with E-state index in [4.69, 9.17) is 5.26 Å². The second-order valence-corrected chi connectivity index (χ2v) is 4.64. The number of aromatic amines is 1. The number of carbonyl (C=O) groups excluding carboxylic acids is 1. The van der Waals surface area contributed by atoms with Crippen molar-refractivity contribution >= 4 is 17.2 Å². The van der Waals surface area contributed by atoms with Crippen LogP contribution in [0.2, 0.25) is 0 Å². The Morgan fingerprint density at radius 3 is 3.11 bits per heavy atom. The van der Waals surface area contributed by atoms with E-state index < -0.39 is 0 Å². The fourth-order valence-electron chi connectivity index (χ4n) is 1.57. The molecule has 0 aliphatic carbocycles. The van der Waals surface area contributed by atoms with Crippen molar-refractivity contribution in [2.75, 3.05) is 0 Å². The van der Waals surface area contributed by atoms with Crippen LogP contribution >= 0.6 is 11.3 Å². The van der Waals surface area contributed by atoms with Gasteiger partial charge in [-0.1, -0.05) is 6.92 Å². The van der Waals surface area contributed by atoms with Gasteiger partial charge in [-0.3, -0.25) is 4.79 Å². The van der Waals surface area contributed by atoms with E-state index in [1.165, 1.54) is 23.6 Å². The van der Waals surface area contributed by atoms with E-state index in [-0.39, 0.29) is 11.9 Å². The summed E-state index contributed by atoms with van der Waals surface area (Å²) in [5.41, 5.74) is 0.837. The molecule has 2 aromatic rings. The number of rotatable bonds is 4. The van der Waals surface area contributed by atoms with Gasteiger partial charge in [-0.2, -0.15) is 5.26 Å². The molecule has 0 aliphatic heterocycles. The first-order valence-electron chi connectivity index (χ1n) is 5.53. The molecule has 5 nitrogen and oxygen atoms in total. The van der Waals surface area contributed by atoms with Gasteiger partial charge in [-0.05, 0) is 12.5 Å². The fraction of sp³-hybridized carbons (Fsp3) is 0.250. The van der Waals surface area contributed by atoms with Crippen molar-refractivity contribution in [3.05, 3.63) is 40.1 Å². The van der Waals surface area contributed by atoms with Crippen LogP contribution in [0.15, 0.2) is 23.8 Å². The lowest BCUT2D eigenvalue weighted by atomic mass is 10.2. The van der Waals surface area contributed by atoms with Crippen molar-refractivity contribution in [3.63, 3.8) is 0 Å². The Balaban J connectivity index is 2.08. The Bertz CT molecular complexity index is 567. The van der Waals surface area contributed by atoms with E-state index >= 15 is 0 Å². The van der Waals surface area contributed by atoms with Crippen molar-refractivity contribution < 1.29 is 4.79 Å². The van der Waals surface area contributed by atoms with Crippen molar-refractivity contribution in [1.82, 2.24) is 15.3 Å². The Labute approximate surface area is 108 Å². The Morgan fingerprint density at radius 2 is 2.56 bits per heavy atom. The molecule has 2 heterocycles. The standard InChI is InChI=1S/C12H12N4OS/c1-2-9(12-14-3-4-18-12)16-11(17)10-5-8(6-13)7-15-10/h3-5,7,9,15H,2H2,1H3,(H,16,17)/t9-/m1/s1. The van der Waals surface area contributed by atoms with Crippen LogP contribution in [0.3, 0.4) is 0 Å². The summed E-state index contributed by atoms with van der Waals surface area (Å²) in [5, 5.41) is 14.4. The topological polar surface area (TPSA) is 81.6 Å². The molecule has 0 saturated carbocycles. The Morgan fingerprint density at radius 1 is 1.72 bits per heavy atom. The summed E-state index contributed by atoms with van der Waals surface area (Å²) in [4.78, 5) is 18.9. The molecule has 1 amide bonds. The molecule has 18 heavy (non-hydrogen) atoms. The lowest BCUT2D eigenvalue weighted by Crippen LogP contribution is -2.28. The number of amides is 1. The molecule has 2 rings (SSSR count). The van der Waals surface area contributed by atoms with Crippen LogP contribution in [0.4, 0.5) is 0 Å². The number of aromatic nitrogens is 2. The molecular weight excluding hydrogens is 248 g/mol. The quantitative estimate of drug-likeness (QED) is 0.884. The highest BCUT2D eigenvalue weighted by Gasteiger charge is 2.17. The maximum Gasteiger partial charge on any atom is 0.268 e. The lowest BCUT2D eigenvalue weighted by molar-refractivity contribution is 0.0931.